The van der Waals surface area contributed by atoms with E-state index in [-0.39, 0.29) is 17.9 Å². The molecule has 2 aliphatic rings. The van der Waals surface area contributed by atoms with Crippen molar-refractivity contribution in [3.8, 4) is 0 Å². The Morgan fingerprint density at radius 1 is 1.19 bits per heavy atom. The molecule has 7 heteroatoms. The zero-order chi connectivity index (χ0) is 17.9. The molecule has 1 saturated heterocycles. The first-order chi connectivity index (χ1) is 12.7. The van der Waals surface area contributed by atoms with Crippen molar-refractivity contribution in [2.24, 2.45) is 0 Å². The molecule has 1 aromatic carbocycles. The number of hydrogen-bond donors (Lipinski definition) is 3. The van der Waals surface area contributed by atoms with Gasteiger partial charge in [-0.1, -0.05) is 12.1 Å². The maximum absolute atomic E-state index is 12.5. The van der Waals surface area contributed by atoms with Crippen LogP contribution in [0.15, 0.2) is 30.3 Å². The van der Waals surface area contributed by atoms with Crippen molar-refractivity contribution >= 4 is 17.5 Å². The smallest absolute Gasteiger partial charge is 0.276 e. The van der Waals surface area contributed by atoms with Crippen LogP contribution >= 0.6 is 0 Å². The van der Waals surface area contributed by atoms with Crippen molar-refractivity contribution in [3.63, 3.8) is 0 Å². The lowest BCUT2D eigenvalue weighted by molar-refractivity contribution is 0.0858. The van der Waals surface area contributed by atoms with Crippen LogP contribution in [0.1, 0.15) is 58.1 Å². The summed E-state index contributed by atoms with van der Waals surface area (Å²) in [5, 5.41) is 12.7. The molecular formula is C19H22N4O3. The predicted molar refractivity (Wildman–Crippen MR) is 96.3 cm³/mol. The Morgan fingerprint density at radius 3 is 2.81 bits per heavy atom. The van der Waals surface area contributed by atoms with Gasteiger partial charge in [-0.25, -0.2) is 0 Å². The average molecular weight is 354 g/mol. The summed E-state index contributed by atoms with van der Waals surface area (Å²) >= 11 is 0. The first kappa shape index (κ1) is 16.8. The van der Waals surface area contributed by atoms with Crippen LogP contribution in [0.5, 0.6) is 0 Å². The zero-order valence-corrected chi connectivity index (χ0v) is 14.5. The van der Waals surface area contributed by atoms with Gasteiger partial charge in [-0.3, -0.25) is 14.7 Å². The van der Waals surface area contributed by atoms with Gasteiger partial charge in [0.05, 0.1) is 17.4 Å². The van der Waals surface area contributed by atoms with E-state index in [1.807, 2.05) is 0 Å². The second-order valence-electron chi connectivity index (χ2n) is 6.83. The van der Waals surface area contributed by atoms with E-state index >= 15 is 0 Å². The molecule has 2 amide bonds. The van der Waals surface area contributed by atoms with Crippen LogP contribution in [0.25, 0.3) is 0 Å². The van der Waals surface area contributed by atoms with Gasteiger partial charge >= 0.3 is 0 Å². The minimum absolute atomic E-state index is 0.0746. The number of nitrogens with one attached hydrogen (secondary N) is 3. The zero-order valence-electron chi connectivity index (χ0n) is 14.5. The molecule has 2 aromatic rings. The van der Waals surface area contributed by atoms with Gasteiger partial charge in [-0.2, -0.15) is 5.10 Å². The number of carbonyl (C=O) groups excluding carboxylic acids is 2. The molecule has 2 heterocycles. The van der Waals surface area contributed by atoms with Crippen molar-refractivity contribution in [3.05, 3.63) is 47.3 Å². The topological polar surface area (TPSA) is 96.1 Å². The fraction of sp³-hybridized carbons (Fsp3) is 0.421. The van der Waals surface area contributed by atoms with E-state index in [9.17, 15) is 9.59 Å². The van der Waals surface area contributed by atoms with Crippen molar-refractivity contribution in [1.29, 1.82) is 0 Å². The first-order valence-electron chi connectivity index (χ1n) is 9.06. The van der Waals surface area contributed by atoms with Gasteiger partial charge in [0.15, 0.2) is 5.69 Å². The maximum Gasteiger partial charge on any atom is 0.276 e. The molecular weight excluding hydrogens is 332 g/mol. The number of H-pyrrole nitrogens is 1. The van der Waals surface area contributed by atoms with Crippen LogP contribution in [0.2, 0.25) is 0 Å². The Balaban J connectivity index is 1.42. The molecule has 1 atom stereocenters. The Bertz CT molecular complexity index is 807. The third-order valence-corrected chi connectivity index (χ3v) is 4.78. The van der Waals surface area contributed by atoms with E-state index in [4.69, 9.17) is 4.74 Å². The SMILES string of the molecule is O=C(Nc1ccccc1C(=O)NCC1CCCO1)c1cc(C2CC2)[nH]n1. The molecule has 2 fully saturated rings. The van der Waals surface area contributed by atoms with Crippen molar-refractivity contribution < 1.29 is 14.3 Å². The number of aromatic amines is 1. The van der Waals surface area contributed by atoms with E-state index < -0.39 is 0 Å². The van der Waals surface area contributed by atoms with E-state index in [0.29, 0.717) is 29.4 Å². The molecule has 26 heavy (non-hydrogen) atoms. The third kappa shape index (κ3) is 3.77. The summed E-state index contributed by atoms with van der Waals surface area (Å²) in [4.78, 5) is 25.0. The van der Waals surface area contributed by atoms with Crippen LogP contribution in [-0.4, -0.2) is 41.3 Å². The van der Waals surface area contributed by atoms with Crippen molar-refractivity contribution in [2.75, 3.05) is 18.5 Å². The Hall–Kier alpha value is -2.67. The molecule has 0 radical (unpaired) electrons. The number of hydrogen-bond acceptors (Lipinski definition) is 4. The Kier molecular flexibility index (Phi) is 4.71. The first-order valence-corrected chi connectivity index (χ1v) is 9.06. The van der Waals surface area contributed by atoms with Gasteiger partial charge in [0.2, 0.25) is 0 Å². The number of amides is 2. The average Bonchev–Trinajstić information content (AvgIpc) is 3.17. The highest BCUT2D eigenvalue weighted by molar-refractivity contribution is 6.08. The molecule has 1 saturated carbocycles. The lowest BCUT2D eigenvalue weighted by Crippen LogP contribution is -2.32. The lowest BCUT2D eigenvalue weighted by atomic mass is 10.1. The summed E-state index contributed by atoms with van der Waals surface area (Å²) in [7, 11) is 0. The number of rotatable bonds is 6. The molecule has 0 spiro atoms. The molecule has 1 aromatic heterocycles. The van der Waals surface area contributed by atoms with Gasteiger partial charge < -0.3 is 15.4 Å². The minimum atomic E-state index is -0.326. The van der Waals surface area contributed by atoms with Crippen molar-refractivity contribution in [2.45, 2.75) is 37.7 Å². The van der Waals surface area contributed by atoms with Gasteiger partial charge in [0, 0.05) is 24.8 Å². The van der Waals surface area contributed by atoms with Crippen LogP contribution in [0.4, 0.5) is 5.69 Å². The maximum atomic E-state index is 12.5. The Labute approximate surface area is 151 Å². The number of aromatic nitrogens is 2. The van der Waals surface area contributed by atoms with Crippen LogP contribution < -0.4 is 10.6 Å². The highest BCUT2D eigenvalue weighted by Crippen LogP contribution is 2.39. The van der Waals surface area contributed by atoms with E-state index in [2.05, 4.69) is 20.8 Å². The van der Waals surface area contributed by atoms with Crippen LogP contribution in [0, 0.1) is 0 Å². The van der Waals surface area contributed by atoms with Gasteiger partial charge in [-0.15, -0.1) is 0 Å². The summed E-state index contributed by atoms with van der Waals surface area (Å²) < 4.78 is 5.52. The second-order valence-corrected chi connectivity index (χ2v) is 6.83. The van der Waals surface area contributed by atoms with Crippen molar-refractivity contribution in [1.82, 2.24) is 15.5 Å². The quantitative estimate of drug-likeness (QED) is 0.742. The second kappa shape index (κ2) is 7.29. The van der Waals surface area contributed by atoms with E-state index in [1.165, 1.54) is 0 Å². The molecule has 4 rings (SSSR count). The van der Waals surface area contributed by atoms with E-state index in [1.54, 1.807) is 30.3 Å². The summed E-state index contributed by atoms with van der Waals surface area (Å²) in [6.07, 6.45) is 4.33. The monoisotopic (exact) mass is 354 g/mol. The predicted octanol–water partition coefficient (Wildman–Crippen LogP) is 2.45. The number of carbonyl (C=O) groups is 2. The normalized spacial score (nSPS) is 19.3. The molecule has 1 aliphatic heterocycles. The summed E-state index contributed by atoms with van der Waals surface area (Å²) in [6, 6.07) is 8.75. The number of ether oxygens (including phenoxy) is 1. The molecule has 7 nitrogen and oxygen atoms in total. The van der Waals surface area contributed by atoms with E-state index in [0.717, 1.165) is 38.0 Å². The molecule has 1 aliphatic carbocycles. The molecule has 1 unspecified atom stereocenters. The number of anilines is 1. The van der Waals surface area contributed by atoms with Gasteiger partial charge in [0.1, 0.15) is 0 Å². The third-order valence-electron chi connectivity index (χ3n) is 4.78. The lowest BCUT2D eigenvalue weighted by Gasteiger charge is -2.13. The number of benzene rings is 1. The highest BCUT2D eigenvalue weighted by Gasteiger charge is 2.26. The molecule has 136 valence electrons. The molecule has 3 N–H and O–H groups in total. The van der Waals surface area contributed by atoms with Gasteiger partial charge in [0.25, 0.3) is 11.8 Å². The summed E-state index contributed by atoms with van der Waals surface area (Å²) in [6.45, 7) is 1.23. The largest absolute Gasteiger partial charge is 0.376 e. The highest BCUT2D eigenvalue weighted by atomic mass is 16.5. The van der Waals surface area contributed by atoms with Gasteiger partial charge in [-0.05, 0) is 43.9 Å². The minimum Gasteiger partial charge on any atom is -0.376 e. The fourth-order valence-electron chi connectivity index (χ4n) is 3.14. The summed E-state index contributed by atoms with van der Waals surface area (Å²) in [5.41, 5.74) is 2.23. The summed E-state index contributed by atoms with van der Waals surface area (Å²) in [5.74, 6) is -0.0513. The number of nitrogens with zero attached hydrogens (tertiary/aromatic N) is 1. The fourth-order valence-corrected chi connectivity index (χ4v) is 3.14. The standard InChI is InChI=1S/C19H22N4O3/c24-18(20-11-13-4-3-9-26-13)14-5-1-2-6-15(14)21-19(25)17-10-16(22-23-17)12-7-8-12/h1-2,5-6,10,12-13H,3-4,7-9,11H2,(H,20,24)(H,21,25)(H,22,23). The van der Waals surface area contributed by atoms with Crippen LogP contribution in [-0.2, 0) is 4.74 Å². The number of para-hydroxylation sites is 1. The molecule has 0 bridgehead atoms. The van der Waals surface area contributed by atoms with Crippen LogP contribution in [0.3, 0.4) is 0 Å². The Morgan fingerprint density at radius 2 is 2.04 bits per heavy atom.